The van der Waals surface area contributed by atoms with E-state index in [1.165, 1.54) is 16.8 Å². The fourth-order valence-electron chi connectivity index (χ4n) is 6.68. The molecule has 0 unspecified atom stereocenters. The normalized spacial score (nSPS) is 13.8. The molecule has 2 aliphatic rings. The molecule has 5 aromatic rings. The molecule has 1 atom stereocenters. The van der Waals surface area contributed by atoms with Crippen LogP contribution in [0.1, 0.15) is 68.8 Å². The Balaban J connectivity index is 1.39. The number of imidazole rings is 1. The summed E-state index contributed by atoms with van der Waals surface area (Å²) in [7, 11) is 0. The van der Waals surface area contributed by atoms with Crippen LogP contribution in [0.25, 0.3) is 22.6 Å². The van der Waals surface area contributed by atoms with Crippen LogP contribution in [0.2, 0.25) is 0 Å². The third kappa shape index (κ3) is 6.72. The van der Waals surface area contributed by atoms with Gasteiger partial charge in [0.05, 0.1) is 17.4 Å². The molecule has 4 aromatic carbocycles. The van der Waals surface area contributed by atoms with Gasteiger partial charge < -0.3 is 23.5 Å². The van der Waals surface area contributed by atoms with E-state index in [-0.39, 0.29) is 19.6 Å². The van der Waals surface area contributed by atoms with Crippen LogP contribution in [0.5, 0.6) is 23.0 Å². The molecule has 0 radical (unpaired) electrons. The lowest BCUT2D eigenvalue weighted by molar-refractivity contribution is 0.159. The van der Waals surface area contributed by atoms with Crippen LogP contribution < -0.4 is 18.9 Å². The second kappa shape index (κ2) is 14.3. The number of benzene rings is 4. The van der Waals surface area contributed by atoms with Gasteiger partial charge in [0.2, 0.25) is 13.6 Å². The maximum Gasteiger partial charge on any atom is 0.231 e. The minimum atomic E-state index is 0.0859. The maximum absolute atomic E-state index is 5.81. The Morgan fingerprint density at radius 1 is 0.660 bits per heavy atom. The minimum Gasteiger partial charge on any atom is -0.454 e. The second-order valence-corrected chi connectivity index (χ2v) is 12.3. The number of rotatable bonds is 14. The maximum atomic E-state index is 5.81. The standard InChI is InChI=1S/C40H43N3O4/c1-3-5-17-33(39-38(31-13-9-7-10-14-31)41-40(43(39)22-6-4-2)32-15-11-8-12-16-32)42(25-29-18-20-34-36(23-29)46-27-44-34)26-30-19-21-35-37(24-30)47-28-45-35/h7-16,18-21,23-24,33H,3-6,17,22,25-28H2,1-2H3/t33-/m0/s1. The third-order valence-corrected chi connectivity index (χ3v) is 9.05. The molecule has 0 bridgehead atoms. The highest BCUT2D eigenvalue weighted by Gasteiger charge is 2.31. The van der Waals surface area contributed by atoms with Crippen LogP contribution in [0.15, 0.2) is 97.1 Å². The average molecular weight is 630 g/mol. The van der Waals surface area contributed by atoms with Crippen molar-refractivity contribution in [1.29, 1.82) is 0 Å². The van der Waals surface area contributed by atoms with Crippen LogP contribution in [-0.2, 0) is 19.6 Å². The molecule has 0 amide bonds. The zero-order valence-corrected chi connectivity index (χ0v) is 27.4. The van der Waals surface area contributed by atoms with E-state index in [2.05, 4.69) is 108 Å². The number of hydrogen-bond donors (Lipinski definition) is 0. The molecule has 0 saturated carbocycles. The molecule has 0 N–H and O–H groups in total. The first-order valence-corrected chi connectivity index (χ1v) is 16.9. The van der Waals surface area contributed by atoms with Crippen molar-refractivity contribution >= 4 is 0 Å². The molecule has 3 heterocycles. The summed E-state index contributed by atoms with van der Waals surface area (Å²) in [5.41, 5.74) is 6.98. The quantitative estimate of drug-likeness (QED) is 0.122. The van der Waals surface area contributed by atoms with Gasteiger partial charge in [-0.05, 0) is 48.2 Å². The molecule has 47 heavy (non-hydrogen) atoms. The Kier molecular flexibility index (Phi) is 9.43. The Labute approximate surface area is 277 Å². The van der Waals surface area contributed by atoms with Crippen LogP contribution in [0, 0.1) is 0 Å². The van der Waals surface area contributed by atoms with Gasteiger partial charge >= 0.3 is 0 Å². The lowest BCUT2D eigenvalue weighted by atomic mass is 9.97. The summed E-state index contributed by atoms with van der Waals surface area (Å²) in [5, 5.41) is 0. The molecule has 7 nitrogen and oxygen atoms in total. The summed E-state index contributed by atoms with van der Waals surface area (Å²) in [4.78, 5) is 8.10. The van der Waals surface area contributed by atoms with Gasteiger partial charge in [0.25, 0.3) is 0 Å². The van der Waals surface area contributed by atoms with Crippen molar-refractivity contribution in [3.63, 3.8) is 0 Å². The van der Waals surface area contributed by atoms with E-state index in [9.17, 15) is 0 Å². The minimum absolute atomic E-state index is 0.0859. The summed E-state index contributed by atoms with van der Waals surface area (Å²) < 4.78 is 25.4. The van der Waals surface area contributed by atoms with Gasteiger partial charge in [0.1, 0.15) is 5.82 Å². The van der Waals surface area contributed by atoms with E-state index in [1.54, 1.807) is 0 Å². The summed E-state index contributed by atoms with van der Waals surface area (Å²) in [5.74, 6) is 4.24. The van der Waals surface area contributed by atoms with E-state index in [4.69, 9.17) is 23.9 Å². The van der Waals surface area contributed by atoms with Crippen molar-refractivity contribution in [2.45, 2.75) is 71.6 Å². The number of unbranched alkanes of at least 4 members (excludes halogenated alkanes) is 2. The van der Waals surface area contributed by atoms with Crippen LogP contribution in [0.3, 0.4) is 0 Å². The second-order valence-electron chi connectivity index (χ2n) is 12.3. The molecule has 0 fully saturated rings. The summed E-state index contributed by atoms with van der Waals surface area (Å²) in [6.45, 7) is 7.42. The number of nitrogens with zero attached hydrogens (tertiary/aromatic N) is 3. The predicted molar refractivity (Wildman–Crippen MR) is 185 cm³/mol. The Hall–Kier alpha value is -4.75. The van der Waals surface area contributed by atoms with E-state index in [0.29, 0.717) is 0 Å². The van der Waals surface area contributed by atoms with Crippen molar-refractivity contribution in [3.8, 4) is 45.6 Å². The van der Waals surface area contributed by atoms with E-state index < -0.39 is 0 Å². The fourth-order valence-corrected chi connectivity index (χ4v) is 6.68. The van der Waals surface area contributed by atoms with Gasteiger partial charge in [-0.2, -0.15) is 0 Å². The fraction of sp³-hybridized carbons (Fsp3) is 0.325. The first kappa shape index (κ1) is 30.9. The molecule has 242 valence electrons. The monoisotopic (exact) mass is 629 g/mol. The number of aromatic nitrogens is 2. The molecular formula is C40H43N3O4. The number of hydrogen-bond acceptors (Lipinski definition) is 6. The smallest absolute Gasteiger partial charge is 0.231 e. The van der Waals surface area contributed by atoms with Crippen LogP contribution >= 0.6 is 0 Å². The molecule has 0 aliphatic carbocycles. The van der Waals surface area contributed by atoms with Crippen molar-refractivity contribution in [3.05, 3.63) is 114 Å². The molecule has 7 heteroatoms. The number of ether oxygens (including phenoxy) is 4. The van der Waals surface area contributed by atoms with E-state index in [0.717, 1.165) is 97.4 Å². The molecule has 2 aliphatic heterocycles. The molecular weight excluding hydrogens is 586 g/mol. The Morgan fingerprint density at radius 3 is 1.79 bits per heavy atom. The van der Waals surface area contributed by atoms with Crippen LogP contribution in [0.4, 0.5) is 0 Å². The lowest BCUT2D eigenvalue weighted by Crippen LogP contribution is -2.30. The summed E-state index contributed by atoms with van der Waals surface area (Å²) >= 11 is 0. The van der Waals surface area contributed by atoms with Crippen molar-refractivity contribution < 1.29 is 18.9 Å². The van der Waals surface area contributed by atoms with Gasteiger partial charge in [-0.3, -0.25) is 4.90 Å². The average Bonchev–Trinajstić information content (AvgIpc) is 3.87. The SMILES string of the molecule is CCCC[C@@H](c1c(-c2ccccc2)nc(-c2ccccc2)n1CCCC)N(Cc1ccc2c(c1)OCO2)Cc1ccc2c(c1)OCO2. The van der Waals surface area contributed by atoms with Gasteiger partial charge in [0.15, 0.2) is 23.0 Å². The molecule has 0 saturated heterocycles. The number of fused-ring (bicyclic) bond motifs is 2. The van der Waals surface area contributed by atoms with E-state index >= 15 is 0 Å². The highest BCUT2D eigenvalue weighted by molar-refractivity contribution is 5.69. The third-order valence-electron chi connectivity index (χ3n) is 9.05. The first-order valence-electron chi connectivity index (χ1n) is 16.9. The highest BCUT2D eigenvalue weighted by Crippen LogP contribution is 2.41. The molecule has 1 aromatic heterocycles. The van der Waals surface area contributed by atoms with E-state index in [1.807, 2.05) is 12.1 Å². The van der Waals surface area contributed by atoms with Gasteiger partial charge in [-0.1, -0.05) is 106 Å². The lowest BCUT2D eigenvalue weighted by Gasteiger charge is -2.34. The van der Waals surface area contributed by atoms with Crippen LogP contribution in [-0.4, -0.2) is 28.0 Å². The predicted octanol–water partition coefficient (Wildman–Crippen LogP) is 9.41. The molecule has 7 rings (SSSR count). The van der Waals surface area contributed by atoms with Crippen molar-refractivity contribution in [1.82, 2.24) is 14.5 Å². The van der Waals surface area contributed by atoms with Crippen molar-refractivity contribution in [2.24, 2.45) is 0 Å². The summed E-state index contributed by atoms with van der Waals surface area (Å²) in [6.07, 6.45) is 5.37. The largest absolute Gasteiger partial charge is 0.454 e. The first-order chi connectivity index (χ1) is 23.2. The topological polar surface area (TPSA) is 58.0 Å². The Bertz CT molecular complexity index is 1730. The highest BCUT2D eigenvalue weighted by atomic mass is 16.7. The Morgan fingerprint density at radius 2 is 1.21 bits per heavy atom. The zero-order valence-electron chi connectivity index (χ0n) is 27.4. The van der Waals surface area contributed by atoms with Gasteiger partial charge in [-0.15, -0.1) is 0 Å². The zero-order chi connectivity index (χ0) is 32.0. The summed E-state index contributed by atoms with van der Waals surface area (Å²) in [6, 6.07) is 34.1. The van der Waals surface area contributed by atoms with Crippen molar-refractivity contribution in [2.75, 3.05) is 13.6 Å². The van der Waals surface area contributed by atoms with Gasteiger partial charge in [0, 0.05) is 30.8 Å². The van der Waals surface area contributed by atoms with Gasteiger partial charge in [-0.25, -0.2) is 4.98 Å². The molecule has 0 spiro atoms.